The number of carbonyl (C=O) groups excluding carboxylic acids is 1. The highest BCUT2D eigenvalue weighted by molar-refractivity contribution is 9.10. The predicted molar refractivity (Wildman–Crippen MR) is 128 cm³/mol. The predicted octanol–water partition coefficient (Wildman–Crippen LogP) is 6.73. The number of rotatable bonds is 5. The lowest BCUT2D eigenvalue weighted by Gasteiger charge is -2.10. The fraction of sp³-hybridized carbons (Fsp3) is 0. The van der Waals surface area contributed by atoms with Crippen molar-refractivity contribution in [1.29, 1.82) is 0 Å². The molecule has 0 aliphatic rings. The van der Waals surface area contributed by atoms with Gasteiger partial charge in [0.2, 0.25) is 0 Å². The largest absolute Gasteiger partial charge is 0.459 e. The summed E-state index contributed by atoms with van der Waals surface area (Å²) in [6.07, 6.45) is 1.50. The molecule has 0 spiro atoms. The number of aromatic nitrogens is 3. The number of hydrogen-bond acceptors (Lipinski definition) is 6. The molecule has 1 N–H and O–H groups in total. The minimum absolute atomic E-state index is 0.0403. The van der Waals surface area contributed by atoms with E-state index < -0.39 is 5.91 Å². The number of amides is 1. The Bertz CT molecular complexity index is 1350. The fourth-order valence-corrected chi connectivity index (χ4v) is 3.53. The maximum absolute atomic E-state index is 13.1. The molecule has 162 valence electrons. The molecule has 0 saturated carbocycles. The van der Waals surface area contributed by atoms with Crippen LogP contribution in [0.2, 0.25) is 5.02 Å². The molecule has 33 heavy (non-hydrogen) atoms. The molecule has 3 heterocycles. The molecule has 1 amide bonds. The van der Waals surface area contributed by atoms with Gasteiger partial charge in [0.1, 0.15) is 0 Å². The minimum atomic E-state index is -0.416. The van der Waals surface area contributed by atoms with E-state index in [-0.39, 0.29) is 11.9 Å². The molecule has 0 unspecified atom stereocenters. The lowest BCUT2D eigenvalue weighted by atomic mass is 10.0. The van der Waals surface area contributed by atoms with Crippen molar-refractivity contribution in [3.63, 3.8) is 0 Å². The highest BCUT2D eigenvalue weighted by atomic mass is 79.9. The van der Waals surface area contributed by atoms with Gasteiger partial charge in [-0.2, -0.15) is 0 Å². The Hall–Kier alpha value is -3.75. The van der Waals surface area contributed by atoms with Crippen LogP contribution in [0, 0.1) is 0 Å². The lowest BCUT2D eigenvalue weighted by Crippen LogP contribution is -2.13. The summed E-state index contributed by atoms with van der Waals surface area (Å²) in [5.41, 5.74) is 3.33. The third kappa shape index (κ3) is 4.72. The van der Waals surface area contributed by atoms with Crippen molar-refractivity contribution in [2.75, 3.05) is 5.32 Å². The van der Waals surface area contributed by atoms with Crippen LogP contribution in [0.1, 0.15) is 10.4 Å². The first-order valence-electron chi connectivity index (χ1n) is 9.78. The van der Waals surface area contributed by atoms with Crippen molar-refractivity contribution in [2.45, 2.75) is 0 Å². The molecule has 5 rings (SSSR count). The lowest BCUT2D eigenvalue weighted by molar-refractivity contribution is 0.102. The summed E-state index contributed by atoms with van der Waals surface area (Å²) in [5.74, 6) is 0.164. The third-order valence-corrected chi connectivity index (χ3v) is 5.53. The Balaban J connectivity index is 1.50. The number of benzene rings is 2. The van der Waals surface area contributed by atoms with Crippen LogP contribution in [-0.4, -0.2) is 21.1 Å². The van der Waals surface area contributed by atoms with Gasteiger partial charge in [-0.3, -0.25) is 10.1 Å². The molecule has 7 nitrogen and oxygen atoms in total. The van der Waals surface area contributed by atoms with E-state index in [0.717, 1.165) is 15.6 Å². The van der Waals surface area contributed by atoms with Crippen molar-refractivity contribution in [1.82, 2.24) is 15.2 Å². The molecule has 0 saturated heterocycles. The highest BCUT2D eigenvalue weighted by Gasteiger charge is 2.17. The van der Waals surface area contributed by atoms with E-state index in [9.17, 15) is 4.79 Å². The van der Waals surface area contributed by atoms with Crippen LogP contribution in [0.25, 0.3) is 34.2 Å². The molecule has 2 aromatic carbocycles. The number of nitrogens with zero attached hydrogens (tertiary/aromatic N) is 3. The summed E-state index contributed by atoms with van der Waals surface area (Å²) in [5, 5.41) is 11.0. The first-order chi connectivity index (χ1) is 16.0. The zero-order chi connectivity index (χ0) is 22.8. The smallest absolute Gasteiger partial charge is 0.322 e. The van der Waals surface area contributed by atoms with Crippen LogP contribution in [0.3, 0.4) is 0 Å². The zero-order valence-corrected chi connectivity index (χ0v) is 19.2. The van der Waals surface area contributed by atoms with Gasteiger partial charge >= 0.3 is 6.01 Å². The van der Waals surface area contributed by atoms with E-state index in [1.54, 1.807) is 36.4 Å². The maximum atomic E-state index is 13.1. The molecule has 5 aromatic rings. The van der Waals surface area contributed by atoms with Gasteiger partial charge in [0, 0.05) is 26.2 Å². The zero-order valence-electron chi connectivity index (χ0n) is 16.8. The van der Waals surface area contributed by atoms with Gasteiger partial charge in [0.15, 0.2) is 5.76 Å². The molecule has 0 atom stereocenters. The van der Waals surface area contributed by atoms with E-state index in [0.29, 0.717) is 27.7 Å². The van der Waals surface area contributed by atoms with Crippen molar-refractivity contribution < 1.29 is 13.6 Å². The first-order valence-corrected chi connectivity index (χ1v) is 10.9. The Morgan fingerprint density at radius 1 is 0.909 bits per heavy atom. The van der Waals surface area contributed by atoms with E-state index in [2.05, 4.69) is 31.4 Å². The standard InChI is InChI=1S/C24H14BrClN4O3/c25-17-7-3-14(4-8-17)19-12-16(13-20(27-19)15-5-9-18(26)10-6-15)22(31)28-24-30-29-23(33-24)21-2-1-11-32-21/h1-13H,(H,28,30,31). The Morgan fingerprint density at radius 2 is 1.58 bits per heavy atom. The van der Waals surface area contributed by atoms with Crippen LogP contribution in [0.4, 0.5) is 6.01 Å². The Labute approximate surface area is 201 Å². The van der Waals surface area contributed by atoms with E-state index >= 15 is 0 Å². The van der Waals surface area contributed by atoms with Gasteiger partial charge in [-0.15, -0.1) is 5.10 Å². The summed E-state index contributed by atoms with van der Waals surface area (Å²) in [7, 11) is 0. The van der Waals surface area contributed by atoms with Gasteiger partial charge in [0.05, 0.1) is 17.7 Å². The fourth-order valence-electron chi connectivity index (χ4n) is 3.14. The maximum Gasteiger partial charge on any atom is 0.322 e. The van der Waals surface area contributed by atoms with Gasteiger partial charge in [-0.1, -0.05) is 56.9 Å². The van der Waals surface area contributed by atoms with E-state index in [1.165, 1.54) is 6.26 Å². The summed E-state index contributed by atoms with van der Waals surface area (Å²) in [4.78, 5) is 17.8. The van der Waals surface area contributed by atoms with E-state index in [4.69, 9.17) is 25.4 Å². The number of pyridine rings is 1. The van der Waals surface area contributed by atoms with Crippen LogP contribution in [0.5, 0.6) is 0 Å². The second kappa shape index (κ2) is 9.01. The second-order valence-corrected chi connectivity index (χ2v) is 8.34. The van der Waals surface area contributed by atoms with E-state index in [1.807, 2.05) is 36.4 Å². The van der Waals surface area contributed by atoms with Gasteiger partial charge in [-0.05, 0) is 48.5 Å². The molecule has 0 bridgehead atoms. The van der Waals surface area contributed by atoms with Gasteiger partial charge in [0.25, 0.3) is 11.8 Å². The van der Waals surface area contributed by atoms with Crippen LogP contribution in [-0.2, 0) is 0 Å². The monoisotopic (exact) mass is 520 g/mol. The van der Waals surface area contributed by atoms with Crippen molar-refractivity contribution >= 4 is 39.5 Å². The van der Waals surface area contributed by atoms with Gasteiger partial charge < -0.3 is 8.83 Å². The van der Waals surface area contributed by atoms with Crippen LogP contribution < -0.4 is 5.32 Å². The average molecular weight is 522 g/mol. The molecule has 0 aliphatic carbocycles. The molecule has 0 aliphatic heterocycles. The van der Waals surface area contributed by atoms with Gasteiger partial charge in [-0.25, -0.2) is 4.98 Å². The first kappa shape index (κ1) is 21.1. The SMILES string of the molecule is O=C(Nc1nnc(-c2ccco2)o1)c1cc(-c2ccc(Cl)cc2)nc(-c2ccc(Br)cc2)c1. The molecule has 0 fully saturated rings. The summed E-state index contributed by atoms with van der Waals surface area (Å²) < 4.78 is 11.7. The molecular formula is C24H14BrClN4O3. The minimum Gasteiger partial charge on any atom is -0.459 e. The summed E-state index contributed by atoms with van der Waals surface area (Å²) in [6.45, 7) is 0. The molecule has 0 radical (unpaired) electrons. The molecular weight excluding hydrogens is 508 g/mol. The summed E-state index contributed by atoms with van der Waals surface area (Å²) in [6, 6.07) is 21.7. The topological polar surface area (TPSA) is 94.1 Å². The Morgan fingerprint density at radius 3 is 2.21 bits per heavy atom. The second-order valence-electron chi connectivity index (χ2n) is 6.98. The number of furan rings is 1. The normalized spacial score (nSPS) is 10.8. The average Bonchev–Trinajstić information content (AvgIpc) is 3.52. The quantitative estimate of drug-likeness (QED) is 0.276. The number of hydrogen-bond donors (Lipinski definition) is 1. The number of halogens is 2. The summed E-state index contributed by atoms with van der Waals surface area (Å²) >= 11 is 9.47. The van der Waals surface area contributed by atoms with Crippen molar-refractivity contribution in [3.05, 3.63) is 94.1 Å². The number of nitrogens with one attached hydrogen (secondary N) is 1. The van der Waals surface area contributed by atoms with Crippen molar-refractivity contribution in [3.8, 4) is 34.2 Å². The highest BCUT2D eigenvalue weighted by Crippen LogP contribution is 2.28. The Kier molecular flexibility index (Phi) is 5.77. The number of anilines is 1. The van der Waals surface area contributed by atoms with Crippen LogP contribution in [0.15, 0.2) is 92.4 Å². The van der Waals surface area contributed by atoms with Crippen molar-refractivity contribution in [2.24, 2.45) is 0 Å². The van der Waals surface area contributed by atoms with Crippen LogP contribution >= 0.6 is 27.5 Å². The molecule has 9 heteroatoms. The molecule has 3 aromatic heterocycles. The third-order valence-electron chi connectivity index (χ3n) is 4.74. The number of carbonyl (C=O) groups is 1.